The highest BCUT2D eigenvalue weighted by molar-refractivity contribution is 7.10. The second-order valence-electron chi connectivity index (χ2n) is 5.12. The van der Waals surface area contributed by atoms with Crippen molar-refractivity contribution in [2.24, 2.45) is 5.92 Å². The third-order valence-electron chi connectivity index (χ3n) is 3.83. The Morgan fingerprint density at radius 3 is 2.50 bits per heavy atom. The molecule has 1 aromatic rings. The number of aliphatic hydroxyl groups excluding tert-OH is 2. The molecule has 0 spiro atoms. The van der Waals surface area contributed by atoms with Gasteiger partial charge in [0.15, 0.2) is 0 Å². The predicted octanol–water partition coefficient (Wildman–Crippen LogP) is 2.31. The fourth-order valence-corrected chi connectivity index (χ4v) is 3.68. The molecule has 1 unspecified atom stereocenters. The Hall–Kier alpha value is -0.420. The third kappa shape index (κ3) is 3.54. The molecule has 1 heterocycles. The van der Waals surface area contributed by atoms with Gasteiger partial charge >= 0.3 is 0 Å². The summed E-state index contributed by atoms with van der Waals surface area (Å²) in [4.78, 5) is 1.33. The Labute approximate surface area is 113 Å². The van der Waals surface area contributed by atoms with E-state index in [1.165, 1.54) is 37.0 Å². The second-order valence-corrected chi connectivity index (χ2v) is 6.10. The lowest BCUT2D eigenvalue weighted by Gasteiger charge is -2.32. The Morgan fingerprint density at radius 1 is 1.22 bits per heavy atom. The highest BCUT2D eigenvalue weighted by Gasteiger charge is 2.27. The van der Waals surface area contributed by atoms with Crippen LogP contribution < -0.4 is 5.32 Å². The van der Waals surface area contributed by atoms with Crippen molar-refractivity contribution in [3.63, 3.8) is 0 Å². The van der Waals surface area contributed by atoms with Gasteiger partial charge in [0.05, 0.1) is 19.3 Å². The quantitative estimate of drug-likeness (QED) is 0.743. The maximum Gasteiger partial charge on any atom is 0.0607 e. The van der Waals surface area contributed by atoms with Crippen molar-refractivity contribution in [3.05, 3.63) is 22.4 Å². The minimum atomic E-state index is -0.209. The highest BCUT2D eigenvalue weighted by atomic mass is 32.1. The molecule has 1 fully saturated rings. The van der Waals surface area contributed by atoms with Gasteiger partial charge in [-0.15, -0.1) is 11.3 Å². The summed E-state index contributed by atoms with van der Waals surface area (Å²) in [5.74, 6) is 0.637. The first kappa shape index (κ1) is 14.0. The molecule has 1 aliphatic rings. The number of rotatable bonds is 6. The van der Waals surface area contributed by atoms with E-state index in [0.29, 0.717) is 5.92 Å². The van der Waals surface area contributed by atoms with Crippen LogP contribution in [0.1, 0.15) is 43.0 Å². The van der Waals surface area contributed by atoms with Crippen LogP contribution in [-0.4, -0.2) is 29.5 Å². The van der Waals surface area contributed by atoms with E-state index in [2.05, 4.69) is 22.8 Å². The van der Waals surface area contributed by atoms with Gasteiger partial charge in [0.25, 0.3) is 0 Å². The maximum atomic E-state index is 9.25. The lowest BCUT2D eigenvalue weighted by atomic mass is 9.83. The zero-order chi connectivity index (χ0) is 12.8. The van der Waals surface area contributed by atoms with Crippen LogP contribution in [0.3, 0.4) is 0 Å². The van der Waals surface area contributed by atoms with Gasteiger partial charge in [-0.25, -0.2) is 0 Å². The first-order chi connectivity index (χ1) is 8.85. The van der Waals surface area contributed by atoms with E-state index in [4.69, 9.17) is 0 Å². The molecule has 0 aliphatic heterocycles. The molecule has 102 valence electrons. The third-order valence-corrected chi connectivity index (χ3v) is 4.78. The molecule has 4 heteroatoms. The highest BCUT2D eigenvalue weighted by Crippen LogP contribution is 2.36. The van der Waals surface area contributed by atoms with Crippen molar-refractivity contribution in [1.29, 1.82) is 0 Å². The van der Waals surface area contributed by atoms with Gasteiger partial charge in [-0.2, -0.15) is 0 Å². The summed E-state index contributed by atoms with van der Waals surface area (Å²) >= 11 is 1.76. The van der Waals surface area contributed by atoms with Crippen LogP contribution >= 0.6 is 11.3 Å². The Balaban J connectivity index is 2.07. The minimum Gasteiger partial charge on any atom is -0.395 e. The van der Waals surface area contributed by atoms with Crippen molar-refractivity contribution in [2.45, 2.75) is 44.2 Å². The molecule has 18 heavy (non-hydrogen) atoms. The Bertz CT molecular complexity index is 319. The average Bonchev–Trinajstić information content (AvgIpc) is 2.95. The van der Waals surface area contributed by atoms with Crippen LogP contribution in [-0.2, 0) is 0 Å². The summed E-state index contributed by atoms with van der Waals surface area (Å²) in [7, 11) is 0. The molecule has 1 atom stereocenters. The second kappa shape index (κ2) is 7.24. The molecule has 0 bridgehead atoms. The zero-order valence-corrected chi connectivity index (χ0v) is 11.5. The predicted molar refractivity (Wildman–Crippen MR) is 74.7 cm³/mol. The fourth-order valence-electron chi connectivity index (χ4n) is 2.80. The number of aliphatic hydroxyl groups is 2. The molecule has 3 nitrogen and oxygen atoms in total. The molecule has 1 aliphatic carbocycles. The lowest BCUT2D eigenvalue weighted by Crippen LogP contribution is -2.41. The molecular weight excluding hydrogens is 246 g/mol. The number of nitrogens with one attached hydrogen (secondary N) is 1. The smallest absolute Gasteiger partial charge is 0.0607 e. The Kier molecular flexibility index (Phi) is 5.63. The lowest BCUT2D eigenvalue weighted by molar-refractivity contribution is 0.145. The molecule has 0 amide bonds. The number of thiophene rings is 1. The van der Waals surface area contributed by atoms with Gasteiger partial charge in [0, 0.05) is 10.9 Å². The van der Waals surface area contributed by atoms with Gasteiger partial charge in [-0.05, 0) is 30.2 Å². The first-order valence-corrected chi connectivity index (χ1v) is 7.74. The SMILES string of the molecule is OCC(CO)NC(c1cccs1)C1CCCCC1. The summed E-state index contributed by atoms with van der Waals surface area (Å²) < 4.78 is 0. The van der Waals surface area contributed by atoms with Crippen molar-refractivity contribution in [1.82, 2.24) is 5.32 Å². The number of hydrogen-bond donors (Lipinski definition) is 3. The molecule has 0 aromatic carbocycles. The Morgan fingerprint density at radius 2 is 1.94 bits per heavy atom. The van der Waals surface area contributed by atoms with Crippen LogP contribution in [0.25, 0.3) is 0 Å². The van der Waals surface area contributed by atoms with Gasteiger partial charge in [-0.3, -0.25) is 0 Å². The summed E-state index contributed by atoms with van der Waals surface area (Å²) in [6.07, 6.45) is 6.45. The van der Waals surface area contributed by atoms with Crippen LogP contribution in [0.15, 0.2) is 17.5 Å². The van der Waals surface area contributed by atoms with E-state index >= 15 is 0 Å². The van der Waals surface area contributed by atoms with Crippen molar-refractivity contribution >= 4 is 11.3 Å². The van der Waals surface area contributed by atoms with Gasteiger partial charge < -0.3 is 15.5 Å². The fraction of sp³-hybridized carbons (Fsp3) is 0.714. The molecule has 0 saturated heterocycles. The van der Waals surface area contributed by atoms with Crippen molar-refractivity contribution < 1.29 is 10.2 Å². The molecule has 3 N–H and O–H groups in total. The average molecular weight is 269 g/mol. The maximum absolute atomic E-state index is 9.25. The van der Waals surface area contributed by atoms with E-state index in [9.17, 15) is 10.2 Å². The van der Waals surface area contributed by atoms with E-state index in [0.717, 1.165) is 0 Å². The van der Waals surface area contributed by atoms with E-state index in [-0.39, 0.29) is 25.3 Å². The molecular formula is C14H23NO2S. The summed E-state index contributed by atoms with van der Waals surface area (Å²) in [5.41, 5.74) is 0. The molecule has 1 aromatic heterocycles. The van der Waals surface area contributed by atoms with Crippen LogP contribution in [0.5, 0.6) is 0 Å². The van der Waals surface area contributed by atoms with Crippen molar-refractivity contribution in [2.75, 3.05) is 13.2 Å². The largest absolute Gasteiger partial charge is 0.395 e. The summed E-state index contributed by atoms with van der Waals surface area (Å²) in [5, 5.41) is 24.0. The summed E-state index contributed by atoms with van der Waals surface area (Å²) in [6, 6.07) is 4.31. The molecule has 2 rings (SSSR count). The van der Waals surface area contributed by atoms with Crippen LogP contribution in [0.4, 0.5) is 0 Å². The topological polar surface area (TPSA) is 52.5 Å². The first-order valence-electron chi connectivity index (χ1n) is 6.86. The minimum absolute atomic E-state index is 0.00883. The van der Waals surface area contributed by atoms with E-state index in [1.807, 2.05) is 0 Å². The monoisotopic (exact) mass is 269 g/mol. The van der Waals surface area contributed by atoms with Gasteiger partial charge in [0.2, 0.25) is 0 Å². The standard InChI is InChI=1S/C14H23NO2S/c16-9-12(10-17)15-14(13-7-4-8-18-13)11-5-2-1-3-6-11/h4,7-8,11-12,14-17H,1-3,5-6,9-10H2. The van der Waals surface area contributed by atoms with Gasteiger partial charge in [-0.1, -0.05) is 25.3 Å². The molecule has 1 saturated carbocycles. The number of hydrogen-bond acceptors (Lipinski definition) is 4. The van der Waals surface area contributed by atoms with E-state index in [1.54, 1.807) is 11.3 Å². The molecule has 0 radical (unpaired) electrons. The normalized spacial score (nSPS) is 19.3. The van der Waals surface area contributed by atoms with Crippen LogP contribution in [0.2, 0.25) is 0 Å². The zero-order valence-electron chi connectivity index (χ0n) is 10.7. The van der Waals surface area contributed by atoms with E-state index < -0.39 is 0 Å². The van der Waals surface area contributed by atoms with Crippen LogP contribution in [0, 0.1) is 5.92 Å². The van der Waals surface area contributed by atoms with Gasteiger partial charge in [0.1, 0.15) is 0 Å². The summed E-state index contributed by atoms with van der Waals surface area (Å²) in [6.45, 7) is -0.0177. The van der Waals surface area contributed by atoms with Crippen molar-refractivity contribution in [3.8, 4) is 0 Å².